The van der Waals surface area contributed by atoms with Gasteiger partial charge < -0.3 is 15.7 Å². The van der Waals surface area contributed by atoms with Gasteiger partial charge in [0.1, 0.15) is 0 Å². The summed E-state index contributed by atoms with van der Waals surface area (Å²) in [6.07, 6.45) is 1.95. The Hall–Kier alpha value is -1.10. The van der Waals surface area contributed by atoms with Gasteiger partial charge in [-0.15, -0.1) is 0 Å². The van der Waals surface area contributed by atoms with Gasteiger partial charge in [-0.1, -0.05) is 0 Å². The molecule has 2 unspecified atom stereocenters. The highest BCUT2D eigenvalue weighted by Gasteiger charge is 2.33. The van der Waals surface area contributed by atoms with Gasteiger partial charge in [0.25, 0.3) is 0 Å². The molecule has 0 heterocycles. The lowest BCUT2D eigenvalue weighted by atomic mass is 10.0. The van der Waals surface area contributed by atoms with E-state index < -0.39 is 11.5 Å². The average Bonchev–Trinajstić information content (AvgIpc) is 2.66. The molecule has 2 atom stereocenters. The van der Waals surface area contributed by atoms with E-state index in [2.05, 4.69) is 10.6 Å². The van der Waals surface area contributed by atoms with Crippen LogP contribution in [0.25, 0.3) is 0 Å². The SMILES string of the molecule is CNC(C)(C)C(=O)NC1CCC(C(=O)O)C1. The van der Waals surface area contributed by atoms with Crippen molar-refractivity contribution in [1.82, 2.24) is 10.6 Å². The van der Waals surface area contributed by atoms with Gasteiger partial charge in [0.15, 0.2) is 0 Å². The van der Waals surface area contributed by atoms with E-state index >= 15 is 0 Å². The van der Waals surface area contributed by atoms with Gasteiger partial charge in [0, 0.05) is 6.04 Å². The largest absolute Gasteiger partial charge is 0.481 e. The second-order valence-corrected chi connectivity index (χ2v) is 4.89. The van der Waals surface area contributed by atoms with Crippen LogP contribution in [-0.4, -0.2) is 35.6 Å². The Morgan fingerprint density at radius 3 is 2.38 bits per heavy atom. The number of amides is 1. The van der Waals surface area contributed by atoms with Gasteiger partial charge in [-0.25, -0.2) is 0 Å². The number of carboxylic acids is 1. The molecule has 16 heavy (non-hydrogen) atoms. The summed E-state index contributed by atoms with van der Waals surface area (Å²) in [6, 6.07) is 0.00113. The van der Waals surface area contributed by atoms with E-state index in [0.717, 1.165) is 6.42 Å². The molecule has 1 rings (SSSR count). The molecule has 0 spiro atoms. The van der Waals surface area contributed by atoms with Crippen LogP contribution in [0.4, 0.5) is 0 Å². The predicted molar refractivity (Wildman–Crippen MR) is 60.0 cm³/mol. The van der Waals surface area contributed by atoms with Crippen LogP contribution in [0.2, 0.25) is 0 Å². The van der Waals surface area contributed by atoms with Gasteiger partial charge in [0.05, 0.1) is 11.5 Å². The summed E-state index contributed by atoms with van der Waals surface area (Å²) in [5.41, 5.74) is -0.610. The fraction of sp³-hybridized carbons (Fsp3) is 0.818. The number of carbonyl (C=O) groups is 2. The van der Waals surface area contributed by atoms with Crippen LogP contribution in [0.3, 0.4) is 0 Å². The third kappa shape index (κ3) is 2.95. The summed E-state index contributed by atoms with van der Waals surface area (Å²) in [6.45, 7) is 3.60. The Labute approximate surface area is 95.6 Å². The molecule has 1 fully saturated rings. The maximum Gasteiger partial charge on any atom is 0.306 e. The van der Waals surface area contributed by atoms with Crippen molar-refractivity contribution in [2.24, 2.45) is 5.92 Å². The smallest absolute Gasteiger partial charge is 0.306 e. The molecule has 0 aromatic rings. The minimum absolute atomic E-state index is 0.00113. The van der Waals surface area contributed by atoms with Gasteiger partial charge in [-0.3, -0.25) is 9.59 Å². The van der Waals surface area contributed by atoms with E-state index in [1.54, 1.807) is 20.9 Å². The van der Waals surface area contributed by atoms with Crippen molar-refractivity contribution in [3.8, 4) is 0 Å². The summed E-state index contributed by atoms with van der Waals surface area (Å²) in [5, 5.41) is 14.7. The second-order valence-electron chi connectivity index (χ2n) is 4.89. The van der Waals surface area contributed by atoms with Crippen molar-refractivity contribution in [2.75, 3.05) is 7.05 Å². The van der Waals surface area contributed by atoms with Gasteiger partial charge in [-0.2, -0.15) is 0 Å². The molecule has 5 nitrogen and oxygen atoms in total. The van der Waals surface area contributed by atoms with Crippen LogP contribution in [0, 0.1) is 5.92 Å². The molecule has 5 heteroatoms. The summed E-state index contributed by atoms with van der Waals surface area (Å²) in [4.78, 5) is 22.6. The van der Waals surface area contributed by atoms with Gasteiger partial charge >= 0.3 is 5.97 Å². The Morgan fingerprint density at radius 2 is 1.94 bits per heavy atom. The Balaban J connectivity index is 2.46. The standard InChI is InChI=1S/C11H20N2O3/c1-11(2,12-3)10(16)13-8-5-4-7(6-8)9(14)15/h7-8,12H,4-6H2,1-3H3,(H,13,16)(H,14,15). The van der Waals surface area contributed by atoms with Crippen LogP contribution in [0.5, 0.6) is 0 Å². The topological polar surface area (TPSA) is 78.4 Å². The summed E-state index contributed by atoms with van der Waals surface area (Å²) < 4.78 is 0. The molecule has 0 radical (unpaired) electrons. The van der Waals surface area contributed by atoms with Crippen molar-refractivity contribution in [2.45, 2.75) is 44.7 Å². The zero-order valence-corrected chi connectivity index (χ0v) is 10.0. The number of carboxylic acid groups (broad SMARTS) is 1. The zero-order valence-electron chi connectivity index (χ0n) is 10.0. The highest BCUT2D eigenvalue weighted by molar-refractivity contribution is 5.85. The minimum Gasteiger partial charge on any atom is -0.481 e. The predicted octanol–water partition coefficient (Wildman–Crippen LogP) is 0.354. The summed E-state index contributed by atoms with van der Waals surface area (Å²) in [5.74, 6) is -1.14. The summed E-state index contributed by atoms with van der Waals surface area (Å²) >= 11 is 0. The van der Waals surface area contributed by atoms with Crippen LogP contribution in [0.1, 0.15) is 33.1 Å². The highest BCUT2D eigenvalue weighted by atomic mass is 16.4. The number of likely N-dealkylation sites (N-methyl/N-ethyl adjacent to an activating group) is 1. The molecule has 3 N–H and O–H groups in total. The van der Waals surface area contributed by atoms with E-state index in [1.165, 1.54) is 0 Å². The Bertz CT molecular complexity index is 289. The monoisotopic (exact) mass is 228 g/mol. The minimum atomic E-state index is -0.760. The lowest BCUT2D eigenvalue weighted by molar-refractivity contribution is -0.141. The quantitative estimate of drug-likeness (QED) is 0.649. The first-order valence-electron chi connectivity index (χ1n) is 5.59. The molecule has 1 aliphatic carbocycles. The average molecular weight is 228 g/mol. The molecular formula is C11H20N2O3. The molecular weight excluding hydrogens is 208 g/mol. The van der Waals surface area contributed by atoms with Gasteiger partial charge in [-0.05, 0) is 40.2 Å². The first-order chi connectivity index (χ1) is 7.36. The molecule has 0 bridgehead atoms. The lowest BCUT2D eigenvalue weighted by Gasteiger charge is -2.25. The fourth-order valence-electron chi connectivity index (χ4n) is 1.82. The van der Waals surface area contributed by atoms with E-state index in [4.69, 9.17) is 5.11 Å². The molecule has 0 saturated heterocycles. The molecule has 1 saturated carbocycles. The van der Waals surface area contributed by atoms with Gasteiger partial charge in [0.2, 0.25) is 5.91 Å². The van der Waals surface area contributed by atoms with Crippen LogP contribution in [-0.2, 0) is 9.59 Å². The number of hydrogen-bond donors (Lipinski definition) is 3. The number of carbonyl (C=O) groups excluding carboxylic acids is 1. The lowest BCUT2D eigenvalue weighted by Crippen LogP contribution is -2.53. The van der Waals surface area contributed by atoms with Crippen molar-refractivity contribution < 1.29 is 14.7 Å². The molecule has 0 aliphatic heterocycles. The van der Waals surface area contributed by atoms with Crippen molar-refractivity contribution in [1.29, 1.82) is 0 Å². The first-order valence-corrected chi connectivity index (χ1v) is 5.59. The molecule has 1 aliphatic rings. The summed E-state index contributed by atoms with van der Waals surface area (Å²) in [7, 11) is 1.73. The normalized spacial score (nSPS) is 25.4. The Kier molecular flexibility index (Phi) is 3.91. The number of rotatable bonds is 4. The van der Waals surface area contributed by atoms with E-state index in [-0.39, 0.29) is 17.9 Å². The maximum absolute atomic E-state index is 11.8. The zero-order chi connectivity index (χ0) is 12.3. The number of hydrogen-bond acceptors (Lipinski definition) is 3. The van der Waals surface area contributed by atoms with Crippen LogP contribution in [0.15, 0.2) is 0 Å². The van der Waals surface area contributed by atoms with E-state index in [9.17, 15) is 9.59 Å². The third-order valence-corrected chi connectivity index (χ3v) is 3.31. The molecule has 92 valence electrons. The first kappa shape index (κ1) is 13.0. The molecule has 1 amide bonds. The Morgan fingerprint density at radius 1 is 1.31 bits per heavy atom. The van der Waals surface area contributed by atoms with Crippen molar-refractivity contribution >= 4 is 11.9 Å². The van der Waals surface area contributed by atoms with E-state index in [1.807, 2.05) is 0 Å². The van der Waals surface area contributed by atoms with Crippen LogP contribution < -0.4 is 10.6 Å². The van der Waals surface area contributed by atoms with E-state index in [0.29, 0.717) is 12.8 Å². The fourth-order valence-corrected chi connectivity index (χ4v) is 1.82. The van der Waals surface area contributed by atoms with Crippen LogP contribution >= 0.6 is 0 Å². The number of aliphatic carboxylic acids is 1. The second kappa shape index (κ2) is 4.82. The highest BCUT2D eigenvalue weighted by Crippen LogP contribution is 2.25. The molecule has 0 aromatic heterocycles. The van der Waals surface area contributed by atoms with Crippen molar-refractivity contribution in [3.63, 3.8) is 0 Å². The number of nitrogens with one attached hydrogen (secondary N) is 2. The molecule has 0 aromatic carbocycles. The third-order valence-electron chi connectivity index (χ3n) is 3.31. The van der Waals surface area contributed by atoms with Crippen molar-refractivity contribution in [3.05, 3.63) is 0 Å². The maximum atomic E-state index is 11.8.